The molecule has 0 aliphatic carbocycles. The van der Waals surface area contributed by atoms with Gasteiger partial charge in [0, 0.05) is 12.1 Å². The van der Waals surface area contributed by atoms with Gasteiger partial charge in [-0.3, -0.25) is 19.5 Å². The van der Waals surface area contributed by atoms with Gasteiger partial charge in [-0.25, -0.2) is 9.78 Å². The van der Waals surface area contributed by atoms with E-state index in [2.05, 4.69) is 15.3 Å². The molecule has 0 spiro atoms. The lowest BCUT2D eigenvalue weighted by molar-refractivity contribution is 0.102. The standard InChI is InChI=1S/C20H18N4O4S/c1-3-24-18(26)13-7-5-11(9-15(13)22-20(24)27)17(25)23-19-21-14-8-6-12(28-4-2)10-16(14)29-19/h5-10H,3-4H2,1-2H3,(H,22,27)(H,21,23,25). The van der Waals surface area contributed by atoms with Crippen LogP contribution in [0.15, 0.2) is 46.0 Å². The highest BCUT2D eigenvalue weighted by Crippen LogP contribution is 2.29. The molecule has 0 aliphatic heterocycles. The summed E-state index contributed by atoms with van der Waals surface area (Å²) >= 11 is 1.34. The third kappa shape index (κ3) is 3.52. The number of hydrogen-bond acceptors (Lipinski definition) is 6. The normalized spacial score (nSPS) is 11.1. The van der Waals surface area contributed by atoms with Crippen LogP contribution in [0.1, 0.15) is 24.2 Å². The van der Waals surface area contributed by atoms with Crippen molar-refractivity contribution in [3.05, 3.63) is 62.8 Å². The summed E-state index contributed by atoms with van der Waals surface area (Å²) in [6, 6.07) is 10.1. The number of thiazole rings is 1. The highest BCUT2D eigenvalue weighted by Gasteiger charge is 2.13. The predicted molar refractivity (Wildman–Crippen MR) is 113 cm³/mol. The summed E-state index contributed by atoms with van der Waals surface area (Å²) in [5.74, 6) is 0.370. The number of anilines is 1. The zero-order chi connectivity index (χ0) is 20.5. The maximum atomic E-state index is 12.7. The number of fused-ring (bicyclic) bond motifs is 2. The van der Waals surface area contributed by atoms with E-state index >= 15 is 0 Å². The monoisotopic (exact) mass is 410 g/mol. The number of nitrogens with zero attached hydrogens (tertiary/aromatic N) is 2. The first-order valence-electron chi connectivity index (χ1n) is 9.11. The Balaban J connectivity index is 1.64. The van der Waals surface area contributed by atoms with Crippen molar-refractivity contribution in [1.29, 1.82) is 0 Å². The van der Waals surface area contributed by atoms with Gasteiger partial charge in [-0.1, -0.05) is 11.3 Å². The van der Waals surface area contributed by atoms with Crippen LogP contribution in [-0.4, -0.2) is 27.0 Å². The smallest absolute Gasteiger partial charge is 0.328 e. The fourth-order valence-electron chi connectivity index (χ4n) is 3.07. The molecule has 0 unspecified atom stereocenters. The molecule has 0 saturated carbocycles. The summed E-state index contributed by atoms with van der Waals surface area (Å²) in [5.41, 5.74) is 0.518. The molecule has 2 aromatic carbocycles. The minimum atomic E-state index is -0.501. The number of benzene rings is 2. The quantitative estimate of drug-likeness (QED) is 0.526. The fourth-order valence-corrected chi connectivity index (χ4v) is 3.96. The Hall–Kier alpha value is -3.46. The van der Waals surface area contributed by atoms with Crippen molar-refractivity contribution in [3.8, 4) is 5.75 Å². The number of ether oxygens (including phenoxy) is 1. The highest BCUT2D eigenvalue weighted by atomic mass is 32.1. The molecule has 0 radical (unpaired) electrons. The first kappa shape index (κ1) is 18.9. The van der Waals surface area contributed by atoms with Crippen molar-refractivity contribution in [2.75, 3.05) is 11.9 Å². The van der Waals surface area contributed by atoms with Gasteiger partial charge in [-0.15, -0.1) is 0 Å². The summed E-state index contributed by atoms with van der Waals surface area (Å²) in [6.07, 6.45) is 0. The van der Waals surface area contributed by atoms with Crippen LogP contribution in [0.2, 0.25) is 0 Å². The third-order valence-electron chi connectivity index (χ3n) is 4.45. The first-order chi connectivity index (χ1) is 14.0. The van der Waals surface area contributed by atoms with E-state index in [0.29, 0.717) is 28.2 Å². The van der Waals surface area contributed by atoms with Gasteiger partial charge in [0.1, 0.15) is 5.75 Å². The van der Waals surface area contributed by atoms with Crippen molar-refractivity contribution in [2.45, 2.75) is 20.4 Å². The van der Waals surface area contributed by atoms with E-state index in [1.54, 1.807) is 19.1 Å². The Morgan fingerprint density at radius 1 is 1.21 bits per heavy atom. The van der Waals surface area contributed by atoms with Crippen LogP contribution in [-0.2, 0) is 6.54 Å². The maximum Gasteiger partial charge on any atom is 0.328 e. The number of carbonyl (C=O) groups is 1. The number of rotatable bonds is 5. The second-order valence-corrected chi connectivity index (χ2v) is 7.31. The summed E-state index contributed by atoms with van der Waals surface area (Å²) in [4.78, 5) is 44.1. The Labute approximate surface area is 168 Å². The van der Waals surface area contributed by atoms with E-state index in [9.17, 15) is 14.4 Å². The largest absolute Gasteiger partial charge is 0.494 e. The van der Waals surface area contributed by atoms with E-state index in [0.717, 1.165) is 20.5 Å². The van der Waals surface area contributed by atoms with Gasteiger partial charge in [0.2, 0.25) is 0 Å². The van der Waals surface area contributed by atoms with Gasteiger partial charge in [0.25, 0.3) is 11.5 Å². The predicted octanol–water partition coefficient (Wildman–Crippen LogP) is 2.97. The number of aromatic nitrogens is 3. The first-order valence-corrected chi connectivity index (χ1v) is 9.93. The van der Waals surface area contributed by atoms with Crippen molar-refractivity contribution >= 4 is 43.5 Å². The molecule has 1 amide bonds. The fraction of sp³-hybridized carbons (Fsp3) is 0.200. The average Bonchev–Trinajstić information content (AvgIpc) is 3.09. The van der Waals surface area contributed by atoms with Crippen LogP contribution in [0.25, 0.3) is 21.1 Å². The number of hydrogen-bond donors (Lipinski definition) is 2. The van der Waals surface area contributed by atoms with E-state index in [4.69, 9.17) is 4.74 Å². The summed E-state index contributed by atoms with van der Waals surface area (Å²) in [7, 11) is 0. The number of carbonyl (C=O) groups excluding carboxylic acids is 1. The van der Waals surface area contributed by atoms with Crippen molar-refractivity contribution in [3.63, 3.8) is 0 Å². The summed E-state index contributed by atoms with van der Waals surface area (Å²) < 4.78 is 7.49. The van der Waals surface area contributed by atoms with Gasteiger partial charge in [0.15, 0.2) is 5.13 Å². The van der Waals surface area contributed by atoms with E-state index in [1.807, 2.05) is 25.1 Å². The molecule has 0 saturated heterocycles. The van der Waals surface area contributed by atoms with E-state index < -0.39 is 5.69 Å². The van der Waals surface area contributed by atoms with Crippen LogP contribution in [0.4, 0.5) is 5.13 Å². The van der Waals surface area contributed by atoms with Crippen LogP contribution in [0.3, 0.4) is 0 Å². The van der Waals surface area contributed by atoms with Crippen LogP contribution < -0.4 is 21.3 Å². The molecule has 2 heterocycles. The van der Waals surface area contributed by atoms with Gasteiger partial charge in [-0.05, 0) is 50.2 Å². The molecule has 4 aromatic rings. The molecule has 2 N–H and O–H groups in total. The topological polar surface area (TPSA) is 106 Å². The van der Waals surface area contributed by atoms with E-state index in [1.165, 1.54) is 17.4 Å². The summed E-state index contributed by atoms with van der Waals surface area (Å²) in [5, 5.41) is 3.57. The highest BCUT2D eigenvalue weighted by molar-refractivity contribution is 7.22. The molecular weight excluding hydrogens is 392 g/mol. The van der Waals surface area contributed by atoms with Gasteiger partial charge < -0.3 is 9.72 Å². The number of aromatic amines is 1. The van der Waals surface area contributed by atoms with Crippen LogP contribution in [0.5, 0.6) is 5.75 Å². The second-order valence-electron chi connectivity index (χ2n) is 6.28. The molecular formula is C20H18N4O4S. The van der Waals surface area contributed by atoms with Crippen molar-refractivity contribution in [2.24, 2.45) is 0 Å². The van der Waals surface area contributed by atoms with Crippen LogP contribution >= 0.6 is 11.3 Å². The average molecular weight is 410 g/mol. The molecule has 0 aliphatic rings. The third-order valence-corrected chi connectivity index (χ3v) is 5.39. The number of nitrogens with one attached hydrogen (secondary N) is 2. The number of H-pyrrole nitrogens is 1. The minimum Gasteiger partial charge on any atom is -0.494 e. The lowest BCUT2D eigenvalue weighted by Gasteiger charge is -2.06. The van der Waals surface area contributed by atoms with E-state index in [-0.39, 0.29) is 18.0 Å². The molecule has 4 rings (SSSR count). The van der Waals surface area contributed by atoms with Gasteiger partial charge >= 0.3 is 5.69 Å². The molecule has 0 fully saturated rings. The lowest BCUT2D eigenvalue weighted by atomic mass is 10.1. The Kier molecular flexibility index (Phi) is 4.89. The molecule has 148 valence electrons. The molecule has 9 heteroatoms. The molecule has 2 aromatic heterocycles. The Morgan fingerprint density at radius 2 is 2.03 bits per heavy atom. The molecule has 0 bridgehead atoms. The lowest BCUT2D eigenvalue weighted by Crippen LogP contribution is -2.34. The van der Waals surface area contributed by atoms with Gasteiger partial charge in [0.05, 0.1) is 27.7 Å². The number of amides is 1. The molecule has 8 nitrogen and oxygen atoms in total. The molecule has 0 atom stereocenters. The maximum absolute atomic E-state index is 12.7. The Morgan fingerprint density at radius 3 is 2.79 bits per heavy atom. The SMILES string of the molecule is CCOc1ccc2nc(NC(=O)c3ccc4c(=O)n(CC)c(=O)[nH]c4c3)sc2c1. The minimum absolute atomic E-state index is 0.273. The second kappa shape index (κ2) is 7.51. The van der Waals surface area contributed by atoms with Crippen molar-refractivity contribution in [1.82, 2.24) is 14.5 Å². The van der Waals surface area contributed by atoms with Gasteiger partial charge in [-0.2, -0.15) is 0 Å². The molecule has 29 heavy (non-hydrogen) atoms. The zero-order valence-corrected chi connectivity index (χ0v) is 16.6. The van der Waals surface area contributed by atoms with Crippen LogP contribution in [0, 0.1) is 0 Å². The summed E-state index contributed by atoms with van der Waals surface area (Å²) in [6.45, 7) is 4.48. The zero-order valence-electron chi connectivity index (χ0n) is 15.8. The van der Waals surface area contributed by atoms with Crippen molar-refractivity contribution < 1.29 is 9.53 Å². The Bertz CT molecular complexity index is 1350.